The van der Waals surface area contributed by atoms with E-state index in [0.717, 1.165) is 5.56 Å². The molecule has 0 fully saturated rings. The van der Waals surface area contributed by atoms with Crippen molar-refractivity contribution in [1.29, 1.82) is 0 Å². The van der Waals surface area contributed by atoms with Gasteiger partial charge in [-0.1, -0.05) is 12.1 Å². The SMILES string of the molecule is CC(CNC(=O)NCCc1ccc(C(=O)O)cc1)S(C)=O. The van der Waals surface area contributed by atoms with Gasteiger partial charge < -0.3 is 15.7 Å². The summed E-state index contributed by atoms with van der Waals surface area (Å²) in [6, 6.07) is 6.23. The van der Waals surface area contributed by atoms with E-state index in [2.05, 4.69) is 10.6 Å². The maximum absolute atomic E-state index is 11.5. The monoisotopic (exact) mass is 312 g/mol. The number of rotatable bonds is 7. The molecule has 0 saturated carbocycles. The van der Waals surface area contributed by atoms with Crippen LogP contribution in [0.2, 0.25) is 0 Å². The van der Waals surface area contributed by atoms with E-state index in [0.29, 0.717) is 19.5 Å². The zero-order valence-corrected chi connectivity index (χ0v) is 12.9. The van der Waals surface area contributed by atoms with Crippen molar-refractivity contribution in [2.75, 3.05) is 19.3 Å². The Morgan fingerprint density at radius 2 is 1.86 bits per heavy atom. The van der Waals surface area contributed by atoms with Crippen LogP contribution in [0, 0.1) is 0 Å². The third-order valence-electron chi connectivity index (χ3n) is 3.02. The lowest BCUT2D eigenvalue weighted by Crippen LogP contribution is -2.40. The van der Waals surface area contributed by atoms with E-state index in [1.807, 2.05) is 0 Å². The largest absolute Gasteiger partial charge is 0.478 e. The van der Waals surface area contributed by atoms with E-state index in [1.165, 1.54) is 12.1 Å². The fourth-order valence-corrected chi connectivity index (χ4v) is 1.87. The zero-order valence-electron chi connectivity index (χ0n) is 12.1. The Morgan fingerprint density at radius 1 is 1.24 bits per heavy atom. The Balaban J connectivity index is 2.28. The van der Waals surface area contributed by atoms with E-state index in [9.17, 15) is 13.8 Å². The lowest BCUT2D eigenvalue weighted by molar-refractivity contribution is 0.0697. The van der Waals surface area contributed by atoms with Crippen molar-refractivity contribution >= 4 is 22.8 Å². The van der Waals surface area contributed by atoms with Gasteiger partial charge >= 0.3 is 12.0 Å². The number of amides is 2. The van der Waals surface area contributed by atoms with Gasteiger partial charge in [0.15, 0.2) is 0 Å². The molecule has 0 aliphatic heterocycles. The number of nitrogens with one attached hydrogen (secondary N) is 2. The molecular formula is C14H20N2O4S. The second-order valence-corrected chi connectivity index (χ2v) is 6.50. The van der Waals surface area contributed by atoms with Crippen LogP contribution < -0.4 is 10.6 Å². The molecule has 0 aliphatic rings. The average Bonchev–Trinajstić information content (AvgIpc) is 2.45. The van der Waals surface area contributed by atoms with Crippen molar-refractivity contribution in [3.8, 4) is 0 Å². The average molecular weight is 312 g/mol. The predicted molar refractivity (Wildman–Crippen MR) is 82.0 cm³/mol. The molecule has 1 aromatic carbocycles. The van der Waals surface area contributed by atoms with Crippen LogP contribution in [-0.4, -0.2) is 45.9 Å². The molecule has 116 valence electrons. The van der Waals surface area contributed by atoms with Crippen LogP contribution >= 0.6 is 0 Å². The molecule has 1 aromatic rings. The van der Waals surface area contributed by atoms with E-state index in [4.69, 9.17) is 5.11 Å². The van der Waals surface area contributed by atoms with Crippen molar-refractivity contribution in [3.63, 3.8) is 0 Å². The Bertz CT molecular complexity index is 516. The Labute approximate surface area is 126 Å². The molecule has 2 atom stereocenters. The summed E-state index contributed by atoms with van der Waals surface area (Å²) in [6.07, 6.45) is 2.22. The van der Waals surface area contributed by atoms with Crippen molar-refractivity contribution < 1.29 is 18.9 Å². The summed E-state index contributed by atoms with van der Waals surface area (Å²) < 4.78 is 11.1. The van der Waals surface area contributed by atoms with Gasteiger partial charge in [-0.2, -0.15) is 0 Å². The third-order valence-corrected chi connectivity index (χ3v) is 4.32. The summed E-state index contributed by atoms with van der Waals surface area (Å²) in [7, 11) is -0.959. The van der Waals surface area contributed by atoms with Gasteiger partial charge in [-0.3, -0.25) is 4.21 Å². The molecule has 7 heteroatoms. The van der Waals surface area contributed by atoms with Gasteiger partial charge in [-0.05, 0) is 31.0 Å². The number of carbonyl (C=O) groups excluding carboxylic acids is 1. The molecule has 0 bridgehead atoms. The third kappa shape index (κ3) is 6.40. The van der Waals surface area contributed by atoms with Crippen molar-refractivity contribution in [2.45, 2.75) is 18.6 Å². The summed E-state index contributed by atoms with van der Waals surface area (Å²) in [6.45, 7) is 2.62. The smallest absolute Gasteiger partial charge is 0.335 e. The minimum atomic E-state index is -0.959. The van der Waals surface area contributed by atoms with Gasteiger partial charge in [0.2, 0.25) is 0 Å². The summed E-state index contributed by atoms with van der Waals surface area (Å²) in [4.78, 5) is 22.2. The lowest BCUT2D eigenvalue weighted by atomic mass is 10.1. The van der Waals surface area contributed by atoms with Crippen LogP contribution in [-0.2, 0) is 17.2 Å². The number of hydrogen-bond acceptors (Lipinski definition) is 3. The second kappa shape index (κ2) is 8.41. The fourth-order valence-electron chi connectivity index (χ4n) is 1.55. The number of hydrogen-bond donors (Lipinski definition) is 3. The molecule has 0 radical (unpaired) electrons. The zero-order chi connectivity index (χ0) is 15.8. The first-order valence-corrected chi connectivity index (χ1v) is 8.18. The first-order valence-electron chi connectivity index (χ1n) is 6.56. The number of carboxylic acids is 1. The van der Waals surface area contributed by atoms with E-state index >= 15 is 0 Å². The highest BCUT2D eigenvalue weighted by Gasteiger charge is 2.08. The number of aromatic carboxylic acids is 1. The fraction of sp³-hybridized carbons (Fsp3) is 0.429. The highest BCUT2D eigenvalue weighted by atomic mass is 32.2. The molecular weight excluding hydrogens is 292 g/mol. The summed E-state index contributed by atoms with van der Waals surface area (Å²) >= 11 is 0. The molecule has 6 nitrogen and oxygen atoms in total. The highest BCUT2D eigenvalue weighted by Crippen LogP contribution is 2.04. The highest BCUT2D eigenvalue weighted by molar-refractivity contribution is 7.84. The number of carbonyl (C=O) groups is 2. The van der Waals surface area contributed by atoms with Gasteiger partial charge in [0.1, 0.15) is 0 Å². The van der Waals surface area contributed by atoms with E-state index < -0.39 is 16.8 Å². The van der Waals surface area contributed by atoms with Crippen LogP contribution in [0.25, 0.3) is 0 Å². The van der Waals surface area contributed by atoms with Crippen LogP contribution in [0.3, 0.4) is 0 Å². The molecule has 2 unspecified atom stereocenters. The van der Waals surface area contributed by atoms with Gasteiger partial charge in [-0.25, -0.2) is 9.59 Å². The van der Waals surface area contributed by atoms with Gasteiger partial charge in [-0.15, -0.1) is 0 Å². The Morgan fingerprint density at radius 3 is 2.38 bits per heavy atom. The topological polar surface area (TPSA) is 95.5 Å². The first kappa shape index (κ1) is 17.2. The molecule has 2 amide bonds. The number of urea groups is 1. The molecule has 21 heavy (non-hydrogen) atoms. The molecule has 0 saturated heterocycles. The second-order valence-electron chi connectivity index (χ2n) is 4.70. The maximum Gasteiger partial charge on any atom is 0.335 e. The number of carboxylic acid groups (broad SMARTS) is 1. The molecule has 0 heterocycles. The predicted octanol–water partition coefficient (Wildman–Crippen LogP) is 0.993. The maximum atomic E-state index is 11.5. The molecule has 3 N–H and O–H groups in total. The minimum Gasteiger partial charge on any atom is -0.478 e. The summed E-state index contributed by atoms with van der Waals surface area (Å²) in [5.41, 5.74) is 1.19. The van der Waals surface area contributed by atoms with Crippen LogP contribution in [0.15, 0.2) is 24.3 Å². The Hall–Kier alpha value is -1.89. The lowest BCUT2D eigenvalue weighted by Gasteiger charge is -2.11. The van der Waals surface area contributed by atoms with Crippen molar-refractivity contribution in [1.82, 2.24) is 10.6 Å². The molecule has 0 aromatic heterocycles. The first-order chi connectivity index (χ1) is 9.90. The quantitative estimate of drug-likeness (QED) is 0.700. The van der Waals surface area contributed by atoms with Crippen molar-refractivity contribution in [3.05, 3.63) is 35.4 Å². The Kier molecular flexibility index (Phi) is 6.87. The minimum absolute atomic E-state index is 0.0840. The molecule has 0 spiro atoms. The van der Waals surface area contributed by atoms with Gasteiger partial charge in [0.05, 0.1) is 5.56 Å². The van der Waals surface area contributed by atoms with Gasteiger partial charge in [0, 0.05) is 35.4 Å². The van der Waals surface area contributed by atoms with E-state index in [-0.39, 0.29) is 16.8 Å². The summed E-state index contributed by atoms with van der Waals surface area (Å²) in [5, 5.41) is 14.0. The van der Waals surface area contributed by atoms with Crippen LogP contribution in [0.4, 0.5) is 4.79 Å². The normalized spacial score (nSPS) is 13.2. The molecule has 0 aliphatic carbocycles. The summed E-state index contributed by atoms with van der Waals surface area (Å²) in [5.74, 6) is -0.957. The number of benzene rings is 1. The standard InChI is InChI=1S/C14H20N2O4S/c1-10(21(2)20)9-16-14(19)15-8-7-11-3-5-12(6-4-11)13(17)18/h3-6,10H,7-9H2,1-2H3,(H,17,18)(H2,15,16,19). The molecule has 1 rings (SSSR count). The van der Waals surface area contributed by atoms with Gasteiger partial charge in [0.25, 0.3) is 0 Å². The van der Waals surface area contributed by atoms with Crippen LogP contribution in [0.1, 0.15) is 22.8 Å². The van der Waals surface area contributed by atoms with E-state index in [1.54, 1.807) is 25.3 Å². The van der Waals surface area contributed by atoms with Crippen LogP contribution in [0.5, 0.6) is 0 Å². The van der Waals surface area contributed by atoms with Crippen molar-refractivity contribution in [2.24, 2.45) is 0 Å².